The zero-order valence-electron chi connectivity index (χ0n) is 19.4. The number of benzene rings is 4. The lowest BCUT2D eigenvalue weighted by Crippen LogP contribution is -2.34. The fraction of sp³-hybridized carbons (Fsp3) is 0.172. The number of ether oxygens (including phenoxy) is 2. The molecule has 0 fully saturated rings. The smallest absolute Gasteiger partial charge is 0.316 e. The quantitative estimate of drug-likeness (QED) is 0.205. The normalized spacial score (nSPS) is 12.6. The van der Waals surface area contributed by atoms with Crippen LogP contribution in [-0.2, 0) is 19.1 Å². The molecule has 0 spiro atoms. The molecule has 0 aliphatic carbocycles. The van der Waals surface area contributed by atoms with E-state index in [9.17, 15) is 19.2 Å². The van der Waals surface area contributed by atoms with Crippen LogP contribution in [0.2, 0.25) is 0 Å². The number of fused-ring (bicyclic) bond motifs is 2. The second kappa shape index (κ2) is 10.3. The number of hydrogen-bond donors (Lipinski definition) is 0. The summed E-state index contributed by atoms with van der Waals surface area (Å²) in [6.07, 6.45) is -0.364. The number of carbonyl (C=O) groups is 4. The van der Waals surface area contributed by atoms with E-state index >= 15 is 0 Å². The van der Waals surface area contributed by atoms with Gasteiger partial charge in [0.2, 0.25) is 0 Å². The molecule has 0 bridgehead atoms. The van der Waals surface area contributed by atoms with Crippen molar-refractivity contribution in [3.63, 3.8) is 0 Å². The van der Waals surface area contributed by atoms with E-state index in [2.05, 4.69) is 0 Å². The molecule has 0 aliphatic heterocycles. The van der Waals surface area contributed by atoms with Gasteiger partial charge in [-0.05, 0) is 40.1 Å². The summed E-state index contributed by atoms with van der Waals surface area (Å²) in [6, 6.07) is 25.2. The molecule has 4 rings (SSSR count). The Kier molecular flexibility index (Phi) is 7.01. The molecule has 35 heavy (non-hydrogen) atoms. The van der Waals surface area contributed by atoms with E-state index < -0.39 is 35.3 Å². The van der Waals surface area contributed by atoms with Gasteiger partial charge >= 0.3 is 11.9 Å². The van der Waals surface area contributed by atoms with Crippen LogP contribution in [0.3, 0.4) is 0 Å². The third kappa shape index (κ3) is 4.96. The molecule has 4 aromatic carbocycles. The van der Waals surface area contributed by atoms with Crippen molar-refractivity contribution in [1.82, 2.24) is 0 Å². The van der Waals surface area contributed by atoms with Gasteiger partial charge < -0.3 is 9.47 Å². The van der Waals surface area contributed by atoms with Crippen molar-refractivity contribution in [3.05, 3.63) is 96.1 Å². The Balaban J connectivity index is 1.68. The molecule has 0 radical (unpaired) electrons. The van der Waals surface area contributed by atoms with Gasteiger partial charge in [0.05, 0.1) is 14.2 Å². The number of rotatable bonds is 8. The molecule has 0 saturated heterocycles. The molecule has 6 heteroatoms. The Morgan fingerprint density at radius 2 is 0.943 bits per heavy atom. The number of Topliss-reactive ketones (excluding diaryl/α,β-unsaturated/α-hetero) is 2. The van der Waals surface area contributed by atoms with Gasteiger partial charge in [-0.1, -0.05) is 72.8 Å². The highest BCUT2D eigenvalue weighted by Gasteiger charge is 2.38. The molecule has 4 aromatic rings. The molecular weight excluding hydrogens is 444 g/mol. The standard InChI is InChI=1S/C29H24O6/c1-34-28(32)24(26(30)22-13-11-18-7-3-5-9-20(18)15-22)17-25(29(33)35-2)27(31)23-14-12-19-8-4-6-10-21(19)16-23/h3-16,24-25H,17H2,1-2H3. The fourth-order valence-electron chi connectivity index (χ4n) is 4.23. The summed E-state index contributed by atoms with van der Waals surface area (Å²) in [6.45, 7) is 0. The molecule has 0 heterocycles. The lowest BCUT2D eigenvalue weighted by Gasteiger charge is -2.19. The summed E-state index contributed by atoms with van der Waals surface area (Å²) in [7, 11) is 2.34. The maximum atomic E-state index is 13.4. The second-order valence-corrected chi connectivity index (χ2v) is 8.24. The van der Waals surface area contributed by atoms with Gasteiger partial charge in [-0.3, -0.25) is 19.2 Å². The Bertz CT molecular complexity index is 1330. The number of carbonyl (C=O) groups excluding carboxylic acids is 4. The van der Waals surface area contributed by atoms with Gasteiger partial charge in [-0.15, -0.1) is 0 Å². The van der Waals surface area contributed by atoms with Gasteiger partial charge in [0.25, 0.3) is 0 Å². The third-order valence-electron chi connectivity index (χ3n) is 6.14. The average molecular weight is 469 g/mol. The van der Waals surface area contributed by atoms with Gasteiger partial charge in [0, 0.05) is 11.1 Å². The lowest BCUT2D eigenvalue weighted by molar-refractivity contribution is -0.146. The minimum atomic E-state index is -1.35. The molecule has 0 saturated carbocycles. The van der Waals surface area contributed by atoms with Crippen LogP contribution >= 0.6 is 0 Å². The van der Waals surface area contributed by atoms with E-state index in [0.717, 1.165) is 21.5 Å². The van der Waals surface area contributed by atoms with Crippen LogP contribution in [0.5, 0.6) is 0 Å². The molecule has 176 valence electrons. The maximum Gasteiger partial charge on any atom is 0.316 e. The first-order chi connectivity index (χ1) is 16.9. The summed E-state index contributed by atoms with van der Waals surface area (Å²) in [5.74, 6) is -5.39. The Hall–Kier alpha value is -4.32. The van der Waals surface area contributed by atoms with Crippen molar-refractivity contribution in [1.29, 1.82) is 0 Å². The van der Waals surface area contributed by atoms with Crippen LogP contribution in [0.25, 0.3) is 21.5 Å². The Morgan fingerprint density at radius 1 is 0.571 bits per heavy atom. The number of methoxy groups -OCH3 is 2. The molecule has 0 N–H and O–H groups in total. The molecule has 2 unspecified atom stereocenters. The first kappa shape index (κ1) is 23.8. The van der Waals surface area contributed by atoms with Crippen LogP contribution in [0, 0.1) is 11.8 Å². The molecule has 0 aliphatic rings. The Labute approximate surface area is 202 Å². The average Bonchev–Trinajstić information content (AvgIpc) is 2.91. The second-order valence-electron chi connectivity index (χ2n) is 8.24. The van der Waals surface area contributed by atoms with E-state index in [-0.39, 0.29) is 6.42 Å². The largest absolute Gasteiger partial charge is 0.468 e. The predicted octanol–water partition coefficient (Wildman–Crippen LogP) is 5.03. The van der Waals surface area contributed by atoms with Gasteiger partial charge in [-0.25, -0.2) is 0 Å². The minimum absolute atomic E-state index is 0.292. The number of esters is 2. The SMILES string of the molecule is COC(=O)C(CC(C(=O)OC)C(=O)c1ccc2ccccc2c1)C(=O)c1ccc2ccccc2c1. The van der Waals surface area contributed by atoms with Gasteiger partial charge in [0.1, 0.15) is 11.8 Å². The van der Waals surface area contributed by atoms with E-state index in [1.807, 2.05) is 48.5 Å². The van der Waals surface area contributed by atoms with Gasteiger partial charge in [0.15, 0.2) is 11.6 Å². The van der Waals surface area contributed by atoms with Crippen molar-refractivity contribution >= 4 is 45.0 Å². The van der Waals surface area contributed by atoms with Gasteiger partial charge in [-0.2, -0.15) is 0 Å². The van der Waals surface area contributed by atoms with E-state index in [1.54, 1.807) is 36.4 Å². The minimum Gasteiger partial charge on any atom is -0.468 e. The Morgan fingerprint density at radius 3 is 1.31 bits per heavy atom. The maximum absolute atomic E-state index is 13.4. The molecule has 6 nitrogen and oxygen atoms in total. The summed E-state index contributed by atoms with van der Waals surface area (Å²) < 4.78 is 9.75. The van der Waals surface area contributed by atoms with Crippen molar-refractivity contribution in [2.24, 2.45) is 11.8 Å². The van der Waals surface area contributed by atoms with Crippen LogP contribution < -0.4 is 0 Å². The van der Waals surface area contributed by atoms with Crippen molar-refractivity contribution < 1.29 is 28.7 Å². The summed E-state index contributed by atoms with van der Waals surface area (Å²) in [4.78, 5) is 52.1. The predicted molar refractivity (Wildman–Crippen MR) is 132 cm³/mol. The summed E-state index contributed by atoms with van der Waals surface area (Å²) in [5, 5.41) is 3.55. The topological polar surface area (TPSA) is 86.7 Å². The highest BCUT2D eigenvalue weighted by molar-refractivity contribution is 6.13. The highest BCUT2D eigenvalue weighted by atomic mass is 16.5. The van der Waals surface area contributed by atoms with E-state index in [0.29, 0.717) is 11.1 Å². The fourth-order valence-corrected chi connectivity index (χ4v) is 4.23. The molecule has 2 atom stereocenters. The molecular formula is C29H24O6. The number of hydrogen-bond acceptors (Lipinski definition) is 6. The first-order valence-electron chi connectivity index (χ1n) is 11.1. The van der Waals surface area contributed by atoms with E-state index in [4.69, 9.17) is 9.47 Å². The summed E-state index contributed by atoms with van der Waals surface area (Å²) >= 11 is 0. The van der Waals surface area contributed by atoms with Crippen molar-refractivity contribution in [2.75, 3.05) is 14.2 Å². The van der Waals surface area contributed by atoms with Crippen molar-refractivity contribution in [2.45, 2.75) is 6.42 Å². The first-order valence-corrected chi connectivity index (χ1v) is 11.1. The van der Waals surface area contributed by atoms with Crippen LogP contribution in [-0.4, -0.2) is 37.7 Å². The molecule has 0 aromatic heterocycles. The monoisotopic (exact) mass is 468 g/mol. The number of ketones is 2. The third-order valence-corrected chi connectivity index (χ3v) is 6.14. The summed E-state index contributed by atoms with van der Waals surface area (Å²) in [5.41, 5.74) is 0.585. The van der Waals surface area contributed by atoms with Crippen LogP contribution in [0.1, 0.15) is 27.1 Å². The zero-order chi connectivity index (χ0) is 24.9. The highest BCUT2D eigenvalue weighted by Crippen LogP contribution is 2.26. The van der Waals surface area contributed by atoms with Crippen LogP contribution in [0.15, 0.2) is 84.9 Å². The van der Waals surface area contributed by atoms with Crippen LogP contribution in [0.4, 0.5) is 0 Å². The lowest BCUT2D eigenvalue weighted by atomic mass is 9.84. The van der Waals surface area contributed by atoms with Crippen molar-refractivity contribution in [3.8, 4) is 0 Å². The van der Waals surface area contributed by atoms with E-state index in [1.165, 1.54) is 14.2 Å². The molecule has 0 amide bonds. The zero-order valence-corrected chi connectivity index (χ0v) is 19.4.